The van der Waals surface area contributed by atoms with Crippen molar-refractivity contribution in [2.75, 3.05) is 26.4 Å². The van der Waals surface area contributed by atoms with E-state index in [0.717, 1.165) is 32.3 Å². The van der Waals surface area contributed by atoms with Crippen LogP contribution < -0.4 is 5.73 Å². The molecule has 6 nitrogen and oxygen atoms in total. The van der Waals surface area contributed by atoms with Gasteiger partial charge >= 0.3 is 0 Å². The number of nitrogens with zero attached hydrogens (tertiary/aromatic N) is 2. The molecule has 1 aromatic rings. The van der Waals surface area contributed by atoms with E-state index >= 15 is 0 Å². The molecule has 1 atom stereocenters. The molecule has 0 amide bonds. The monoisotopic (exact) mass is 253 g/mol. The molecule has 3 heterocycles. The Morgan fingerprint density at radius 1 is 1.28 bits per heavy atom. The van der Waals surface area contributed by atoms with Crippen molar-refractivity contribution in [3.8, 4) is 0 Å². The smallest absolute Gasteiger partial charge is 0.234 e. The van der Waals surface area contributed by atoms with Gasteiger partial charge in [-0.1, -0.05) is 5.16 Å². The second-order valence-electron chi connectivity index (χ2n) is 5.06. The number of rotatable bonds is 3. The van der Waals surface area contributed by atoms with E-state index in [-0.39, 0.29) is 11.5 Å². The van der Waals surface area contributed by atoms with Crippen LogP contribution in [0.25, 0.3) is 0 Å². The van der Waals surface area contributed by atoms with Crippen molar-refractivity contribution in [1.82, 2.24) is 10.1 Å². The van der Waals surface area contributed by atoms with Crippen molar-refractivity contribution in [2.45, 2.75) is 37.2 Å². The summed E-state index contributed by atoms with van der Waals surface area (Å²) in [5.74, 6) is 1.32. The molecule has 6 heteroatoms. The fraction of sp³-hybridized carbons (Fsp3) is 0.833. The predicted molar refractivity (Wildman–Crippen MR) is 63.0 cm³/mol. The average Bonchev–Trinajstić information content (AvgIpc) is 3.10. The van der Waals surface area contributed by atoms with E-state index < -0.39 is 0 Å². The minimum absolute atomic E-state index is 0.00262. The van der Waals surface area contributed by atoms with Gasteiger partial charge in [0.1, 0.15) is 6.10 Å². The number of aromatic nitrogens is 2. The summed E-state index contributed by atoms with van der Waals surface area (Å²) in [7, 11) is 0. The average molecular weight is 253 g/mol. The van der Waals surface area contributed by atoms with Crippen molar-refractivity contribution in [2.24, 2.45) is 5.73 Å². The van der Waals surface area contributed by atoms with Gasteiger partial charge in [0, 0.05) is 26.4 Å². The van der Waals surface area contributed by atoms with E-state index in [0.29, 0.717) is 31.5 Å². The molecule has 0 radical (unpaired) electrons. The summed E-state index contributed by atoms with van der Waals surface area (Å²) < 4.78 is 16.4. The third-order valence-corrected chi connectivity index (χ3v) is 3.95. The number of nitrogens with two attached hydrogens (primary N) is 1. The van der Waals surface area contributed by atoms with Crippen LogP contribution in [-0.4, -0.2) is 36.5 Å². The standard InChI is InChI=1S/C12H19N3O3/c13-8-12(3-6-16-7-4-12)11-14-10(15-18-11)9-2-1-5-17-9/h9H,1-8,13H2. The fourth-order valence-corrected chi connectivity index (χ4v) is 2.63. The summed E-state index contributed by atoms with van der Waals surface area (Å²) >= 11 is 0. The molecule has 2 aliphatic heterocycles. The number of hydrogen-bond acceptors (Lipinski definition) is 6. The van der Waals surface area contributed by atoms with Gasteiger partial charge in [0.05, 0.1) is 5.41 Å². The van der Waals surface area contributed by atoms with Crippen molar-refractivity contribution in [1.29, 1.82) is 0 Å². The summed E-state index contributed by atoms with van der Waals surface area (Å²) in [5, 5.41) is 4.06. The molecule has 0 saturated carbocycles. The van der Waals surface area contributed by atoms with E-state index in [2.05, 4.69) is 10.1 Å². The Balaban J connectivity index is 1.82. The molecule has 0 aliphatic carbocycles. The van der Waals surface area contributed by atoms with Gasteiger partial charge in [-0.2, -0.15) is 4.98 Å². The molecular formula is C12H19N3O3. The zero-order valence-electron chi connectivity index (χ0n) is 10.4. The van der Waals surface area contributed by atoms with Crippen LogP contribution in [0.5, 0.6) is 0 Å². The Morgan fingerprint density at radius 2 is 2.11 bits per heavy atom. The Kier molecular flexibility index (Phi) is 3.32. The molecule has 0 spiro atoms. The van der Waals surface area contributed by atoms with Crippen LogP contribution in [0, 0.1) is 0 Å². The summed E-state index contributed by atoms with van der Waals surface area (Å²) in [6.07, 6.45) is 3.72. The first-order valence-electron chi connectivity index (χ1n) is 6.58. The highest BCUT2D eigenvalue weighted by atomic mass is 16.5. The SMILES string of the molecule is NCC1(c2nc(C3CCCO3)no2)CCOCC1. The van der Waals surface area contributed by atoms with Gasteiger partial charge in [-0.05, 0) is 25.7 Å². The highest BCUT2D eigenvalue weighted by Gasteiger charge is 2.39. The van der Waals surface area contributed by atoms with Gasteiger partial charge in [-0.3, -0.25) is 0 Å². The van der Waals surface area contributed by atoms with E-state index in [1.807, 2.05) is 0 Å². The van der Waals surface area contributed by atoms with Gasteiger partial charge in [-0.25, -0.2) is 0 Å². The quantitative estimate of drug-likeness (QED) is 0.862. The lowest BCUT2D eigenvalue weighted by atomic mass is 9.80. The molecule has 3 rings (SSSR count). The molecule has 1 aromatic heterocycles. The summed E-state index contributed by atoms with van der Waals surface area (Å²) in [5.41, 5.74) is 5.71. The van der Waals surface area contributed by atoms with Crippen LogP contribution in [0.15, 0.2) is 4.52 Å². The summed E-state index contributed by atoms with van der Waals surface area (Å²) in [6, 6.07) is 0. The van der Waals surface area contributed by atoms with Crippen LogP contribution in [0.4, 0.5) is 0 Å². The maximum Gasteiger partial charge on any atom is 0.234 e. The third-order valence-electron chi connectivity index (χ3n) is 3.95. The van der Waals surface area contributed by atoms with Crippen molar-refractivity contribution < 1.29 is 14.0 Å². The minimum atomic E-state index is -0.206. The fourth-order valence-electron chi connectivity index (χ4n) is 2.63. The van der Waals surface area contributed by atoms with E-state index in [1.54, 1.807) is 0 Å². The molecule has 2 N–H and O–H groups in total. The molecular weight excluding hydrogens is 234 g/mol. The maximum absolute atomic E-state index is 5.92. The zero-order chi connectivity index (χ0) is 12.4. The second-order valence-corrected chi connectivity index (χ2v) is 5.06. The topological polar surface area (TPSA) is 83.4 Å². The molecule has 1 unspecified atom stereocenters. The predicted octanol–water partition coefficient (Wildman–Crippen LogP) is 0.928. The number of ether oxygens (including phenoxy) is 2. The van der Waals surface area contributed by atoms with Crippen molar-refractivity contribution >= 4 is 0 Å². The minimum Gasteiger partial charge on any atom is -0.381 e. The third kappa shape index (κ3) is 2.04. The van der Waals surface area contributed by atoms with Crippen molar-refractivity contribution in [3.63, 3.8) is 0 Å². The van der Waals surface area contributed by atoms with Crippen LogP contribution in [0.2, 0.25) is 0 Å². The Bertz CT molecular complexity index is 395. The molecule has 2 aliphatic rings. The highest BCUT2D eigenvalue weighted by Crippen LogP contribution is 2.34. The molecule has 100 valence electrons. The van der Waals surface area contributed by atoms with Crippen LogP contribution in [-0.2, 0) is 14.9 Å². The van der Waals surface area contributed by atoms with Gasteiger partial charge in [-0.15, -0.1) is 0 Å². The van der Waals surface area contributed by atoms with Crippen LogP contribution in [0.1, 0.15) is 43.5 Å². The lowest BCUT2D eigenvalue weighted by molar-refractivity contribution is 0.0408. The number of hydrogen-bond donors (Lipinski definition) is 1. The first-order valence-corrected chi connectivity index (χ1v) is 6.58. The largest absolute Gasteiger partial charge is 0.381 e. The summed E-state index contributed by atoms with van der Waals surface area (Å²) in [4.78, 5) is 4.52. The van der Waals surface area contributed by atoms with Gasteiger partial charge in [0.25, 0.3) is 0 Å². The Hall–Kier alpha value is -0.980. The summed E-state index contributed by atoms with van der Waals surface area (Å²) in [6.45, 7) is 2.71. The Labute approximate surface area is 106 Å². The van der Waals surface area contributed by atoms with Gasteiger partial charge < -0.3 is 19.7 Å². The molecule has 18 heavy (non-hydrogen) atoms. The normalized spacial score (nSPS) is 27.5. The molecule has 0 aromatic carbocycles. The lowest BCUT2D eigenvalue weighted by Crippen LogP contribution is -2.41. The van der Waals surface area contributed by atoms with E-state index in [1.165, 1.54) is 0 Å². The Morgan fingerprint density at radius 3 is 2.78 bits per heavy atom. The lowest BCUT2D eigenvalue weighted by Gasteiger charge is -2.32. The zero-order valence-corrected chi connectivity index (χ0v) is 10.4. The molecule has 2 saturated heterocycles. The molecule has 2 fully saturated rings. The highest BCUT2D eigenvalue weighted by molar-refractivity contribution is 5.08. The first-order chi connectivity index (χ1) is 8.84. The van der Waals surface area contributed by atoms with Crippen LogP contribution >= 0.6 is 0 Å². The molecule has 0 bridgehead atoms. The van der Waals surface area contributed by atoms with Gasteiger partial charge in [0.2, 0.25) is 11.7 Å². The first kappa shape index (κ1) is 12.1. The maximum atomic E-state index is 5.92. The van der Waals surface area contributed by atoms with E-state index in [4.69, 9.17) is 19.7 Å². The van der Waals surface area contributed by atoms with Crippen LogP contribution in [0.3, 0.4) is 0 Å². The van der Waals surface area contributed by atoms with E-state index in [9.17, 15) is 0 Å². The van der Waals surface area contributed by atoms with Gasteiger partial charge in [0.15, 0.2) is 0 Å². The van der Waals surface area contributed by atoms with Crippen molar-refractivity contribution in [3.05, 3.63) is 11.7 Å². The second kappa shape index (κ2) is 4.95.